The maximum Gasteiger partial charge on any atom is 0.0604 e. The van der Waals surface area contributed by atoms with Gasteiger partial charge in [0.1, 0.15) is 0 Å². The summed E-state index contributed by atoms with van der Waals surface area (Å²) < 4.78 is 2.21. The van der Waals surface area contributed by atoms with Crippen LogP contribution in [0.25, 0.3) is 0 Å². The lowest BCUT2D eigenvalue weighted by atomic mass is 10.1. The Morgan fingerprint density at radius 3 is 2.71 bits per heavy atom. The lowest BCUT2D eigenvalue weighted by Crippen LogP contribution is -2.29. The molecule has 0 aliphatic rings. The van der Waals surface area contributed by atoms with Crippen molar-refractivity contribution in [2.24, 2.45) is 5.84 Å². The summed E-state index contributed by atoms with van der Waals surface area (Å²) in [6, 6.07) is 10.5. The first-order valence-electron chi connectivity index (χ1n) is 5.14. The zero-order valence-electron chi connectivity index (χ0n) is 8.99. The Balaban J connectivity index is 2.19. The van der Waals surface area contributed by atoms with Gasteiger partial charge in [0.15, 0.2) is 0 Å². The van der Waals surface area contributed by atoms with E-state index < -0.39 is 0 Å². The van der Waals surface area contributed by atoms with Crippen molar-refractivity contribution < 1.29 is 0 Å². The van der Waals surface area contributed by atoms with E-state index in [4.69, 9.17) is 5.84 Å². The highest BCUT2D eigenvalue weighted by Crippen LogP contribution is 2.31. The quantitative estimate of drug-likeness (QED) is 0.625. The standard InChI is InChI=1S/C12H12Br2N2S/c13-9-3-1-2-8(6-9)7-11(16-15)12-10(14)4-5-17-12/h1-6,11,16H,7,15H2. The summed E-state index contributed by atoms with van der Waals surface area (Å²) in [7, 11) is 0. The summed E-state index contributed by atoms with van der Waals surface area (Å²) >= 11 is 8.72. The summed E-state index contributed by atoms with van der Waals surface area (Å²) in [6.07, 6.45) is 0.870. The Labute approximate surface area is 121 Å². The molecular weight excluding hydrogens is 364 g/mol. The monoisotopic (exact) mass is 374 g/mol. The van der Waals surface area contributed by atoms with Crippen LogP contribution >= 0.6 is 43.2 Å². The Hall–Kier alpha value is -0.200. The Morgan fingerprint density at radius 1 is 1.29 bits per heavy atom. The molecule has 0 aliphatic carbocycles. The molecule has 1 aromatic carbocycles. The van der Waals surface area contributed by atoms with Crippen LogP contribution in [-0.2, 0) is 6.42 Å². The predicted octanol–water partition coefficient (Wildman–Crippen LogP) is 4.02. The fraction of sp³-hybridized carbons (Fsp3) is 0.167. The number of hydrogen-bond acceptors (Lipinski definition) is 3. The van der Waals surface area contributed by atoms with Gasteiger partial charge in [-0.25, -0.2) is 0 Å². The minimum atomic E-state index is 0.138. The largest absolute Gasteiger partial charge is 0.271 e. The second kappa shape index (κ2) is 6.11. The molecule has 0 spiro atoms. The lowest BCUT2D eigenvalue weighted by Gasteiger charge is -2.15. The van der Waals surface area contributed by atoms with Gasteiger partial charge in [-0.05, 0) is 51.5 Å². The van der Waals surface area contributed by atoms with Crippen molar-refractivity contribution in [3.05, 3.63) is 55.1 Å². The van der Waals surface area contributed by atoms with Gasteiger partial charge in [0, 0.05) is 13.8 Å². The first-order valence-corrected chi connectivity index (χ1v) is 7.60. The van der Waals surface area contributed by atoms with E-state index in [2.05, 4.69) is 54.8 Å². The predicted molar refractivity (Wildman–Crippen MR) is 79.9 cm³/mol. The second-order valence-corrected chi connectivity index (χ2v) is 6.40. The van der Waals surface area contributed by atoms with Crippen molar-refractivity contribution in [2.45, 2.75) is 12.5 Å². The van der Waals surface area contributed by atoms with Crippen LogP contribution in [0.5, 0.6) is 0 Å². The summed E-state index contributed by atoms with van der Waals surface area (Å²) in [6.45, 7) is 0. The van der Waals surface area contributed by atoms with Crippen molar-refractivity contribution in [1.82, 2.24) is 5.43 Å². The Bertz CT molecular complexity index is 499. The molecular formula is C12H12Br2N2S. The molecule has 0 aliphatic heterocycles. The Morgan fingerprint density at radius 2 is 2.12 bits per heavy atom. The van der Waals surface area contributed by atoms with Crippen LogP contribution in [-0.4, -0.2) is 0 Å². The van der Waals surface area contributed by atoms with Gasteiger partial charge in [0.25, 0.3) is 0 Å². The van der Waals surface area contributed by atoms with Crippen LogP contribution in [0, 0.1) is 0 Å². The number of rotatable bonds is 4. The minimum Gasteiger partial charge on any atom is -0.271 e. The van der Waals surface area contributed by atoms with E-state index in [0.717, 1.165) is 15.4 Å². The molecule has 90 valence electrons. The highest BCUT2D eigenvalue weighted by atomic mass is 79.9. The van der Waals surface area contributed by atoms with Crippen LogP contribution in [0.4, 0.5) is 0 Å². The summed E-state index contributed by atoms with van der Waals surface area (Å²) in [4.78, 5) is 1.23. The van der Waals surface area contributed by atoms with Gasteiger partial charge in [0.2, 0.25) is 0 Å². The molecule has 5 heteroatoms. The molecule has 0 fully saturated rings. The van der Waals surface area contributed by atoms with Crippen LogP contribution < -0.4 is 11.3 Å². The fourth-order valence-electron chi connectivity index (χ4n) is 1.68. The maximum absolute atomic E-state index is 5.64. The fourth-order valence-corrected chi connectivity index (χ4v) is 3.84. The molecule has 17 heavy (non-hydrogen) atoms. The molecule has 1 heterocycles. The topological polar surface area (TPSA) is 38.0 Å². The zero-order chi connectivity index (χ0) is 12.3. The van der Waals surface area contributed by atoms with E-state index >= 15 is 0 Å². The first kappa shape index (κ1) is 13.2. The molecule has 1 unspecified atom stereocenters. The molecule has 0 bridgehead atoms. The third-order valence-corrected chi connectivity index (χ3v) is 4.97. The minimum absolute atomic E-state index is 0.138. The van der Waals surface area contributed by atoms with Gasteiger partial charge in [-0.2, -0.15) is 0 Å². The van der Waals surface area contributed by atoms with Gasteiger partial charge >= 0.3 is 0 Å². The molecule has 2 nitrogen and oxygen atoms in total. The molecule has 0 amide bonds. The van der Waals surface area contributed by atoms with Gasteiger partial charge in [0.05, 0.1) is 6.04 Å². The molecule has 1 aromatic heterocycles. The van der Waals surface area contributed by atoms with Crippen molar-refractivity contribution in [3.63, 3.8) is 0 Å². The van der Waals surface area contributed by atoms with Gasteiger partial charge in [-0.1, -0.05) is 28.1 Å². The number of thiophene rings is 1. The second-order valence-electron chi connectivity index (χ2n) is 3.69. The van der Waals surface area contributed by atoms with E-state index in [9.17, 15) is 0 Å². The molecule has 0 saturated carbocycles. The van der Waals surface area contributed by atoms with E-state index in [1.165, 1.54) is 10.4 Å². The van der Waals surface area contributed by atoms with Crippen LogP contribution in [0.1, 0.15) is 16.5 Å². The van der Waals surface area contributed by atoms with Gasteiger partial charge in [-0.15, -0.1) is 11.3 Å². The number of nitrogens with two attached hydrogens (primary N) is 1. The maximum atomic E-state index is 5.64. The highest BCUT2D eigenvalue weighted by molar-refractivity contribution is 9.10. The number of hydrazine groups is 1. The van der Waals surface area contributed by atoms with E-state index in [1.54, 1.807) is 11.3 Å². The van der Waals surface area contributed by atoms with E-state index in [1.807, 2.05) is 18.2 Å². The Kier molecular flexibility index (Phi) is 4.76. The van der Waals surface area contributed by atoms with Crippen LogP contribution in [0.3, 0.4) is 0 Å². The van der Waals surface area contributed by atoms with Crippen LogP contribution in [0.2, 0.25) is 0 Å². The molecule has 0 radical (unpaired) electrons. The summed E-state index contributed by atoms with van der Waals surface area (Å²) in [5, 5.41) is 2.06. The van der Waals surface area contributed by atoms with Crippen molar-refractivity contribution in [2.75, 3.05) is 0 Å². The van der Waals surface area contributed by atoms with Crippen molar-refractivity contribution in [3.8, 4) is 0 Å². The normalized spacial score (nSPS) is 12.6. The zero-order valence-corrected chi connectivity index (χ0v) is 13.0. The van der Waals surface area contributed by atoms with Gasteiger partial charge < -0.3 is 0 Å². The number of hydrogen-bond donors (Lipinski definition) is 2. The van der Waals surface area contributed by atoms with Gasteiger partial charge in [-0.3, -0.25) is 11.3 Å². The number of nitrogens with one attached hydrogen (secondary N) is 1. The van der Waals surface area contributed by atoms with Crippen molar-refractivity contribution in [1.29, 1.82) is 0 Å². The number of benzene rings is 1. The molecule has 1 atom stereocenters. The third-order valence-electron chi connectivity index (χ3n) is 2.49. The smallest absolute Gasteiger partial charge is 0.0604 e. The number of halogens is 2. The molecule has 2 rings (SSSR count). The SMILES string of the molecule is NNC(Cc1cccc(Br)c1)c1sccc1Br. The average Bonchev–Trinajstić information content (AvgIpc) is 2.72. The lowest BCUT2D eigenvalue weighted by molar-refractivity contribution is 0.559. The first-order chi connectivity index (χ1) is 8.20. The molecule has 2 aromatic rings. The molecule has 3 N–H and O–H groups in total. The average molecular weight is 376 g/mol. The third kappa shape index (κ3) is 3.39. The highest BCUT2D eigenvalue weighted by Gasteiger charge is 2.15. The van der Waals surface area contributed by atoms with E-state index in [0.29, 0.717) is 0 Å². The summed E-state index contributed by atoms with van der Waals surface area (Å²) in [5.74, 6) is 5.64. The van der Waals surface area contributed by atoms with E-state index in [-0.39, 0.29) is 6.04 Å². The van der Waals surface area contributed by atoms with Crippen LogP contribution in [0.15, 0.2) is 44.7 Å². The summed E-state index contributed by atoms with van der Waals surface area (Å²) in [5.41, 5.74) is 4.13. The van der Waals surface area contributed by atoms with Crippen molar-refractivity contribution >= 4 is 43.2 Å². The molecule has 0 saturated heterocycles.